The molecule has 4 nitrogen and oxygen atoms in total. The highest BCUT2D eigenvalue weighted by Gasteiger charge is 2.15. The lowest BCUT2D eigenvalue weighted by atomic mass is 10.1. The molecule has 3 aromatic rings. The van der Waals surface area contributed by atoms with E-state index in [9.17, 15) is 0 Å². The van der Waals surface area contributed by atoms with Crippen LogP contribution in [0.4, 0.5) is 0 Å². The number of nitrogens with zero attached hydrogens (tertiary/aromatic N) is 4. The van der Waals surface area contributed by atoms with E-state index < -0.39 is 0 Å². The van der Waals surface area contributed by atoms with Crippen molar-refractivity contribution in [3.05, 3.63) is 45.3 Å². The van der Waals surface area contributed by atoms with Crippen molar-refractivity contribution in [3.63, 3.8) is 0 Å². The maximum atomic E-state index is 6.19. The van der Waals surface area contributed by atoms with Crippen molar-refractivity contribution in [1.82, 2.24) is 19.6 Å². The molecule has 0 aliphatic carbocycles. The topological polar surface area (TPSA) is 43.1 Å². The third-order valence-corrected chi connectivity index (χ3v) is 4.06. The van der Waals surface area contributed by atoms with Gasteiger partial charge in [-0.3, -0.25) is 4.40 Å². The third-order valence-electron chi connectivity index (χ3n) is 3.40. The summed E-state index contributed by atoms with van der Waals surface area (Å²) in [5, 5.41) is 9.41. The molecule has 2 aromatic heterocycles. The highest BCUT2D eigenvalue weighted by atomic mass is 35.5. The lowest BCUT2D eigenvalue weighted by molar-refractivity contribution is 1.000. The first-order valence-electron chi connectivity index (χ1n) is 6.13. The van der Waals surface area contributed by atoms with E-state index in [0.29, 0.717) is 21.6 Å². The summed E-state index contributed by atoms with van der Waals surface area (Å²) in [6.45, 7) is 5.84. The molecule has 0 N–H and O–H groups in total. The standard InChI is InChI=1S/C14H12Cl2N4/c1-7-4-5-10(6-11(7)15)13-18-19-14-12(16)17-8(2)9(3)20(13)14/h4-6H,1-3H3. The molecule has 20 heavy (non-hydrogen) atoms. The van der Waals surface area contributed by atoms with Gasteiger partial charge in [-0.05, 0) is 32.4 Å². The van der Waals surface area contributed by atoms with Crippen LogP contribution in [0.25, 0.3) is 17.0 Å². The molecule has 0 amide bonds. The molecule has 0 aliphatic rings. The molecule has 0 unspecified atom stereocenters. The Kier molecular flexibility index (Phi) is 3.15. The van der Waals surface area contributed by atoms with Crippen molar-refractivity contribution >= 4 is 28.8 Å². The van der Waals surface area contributed by atoms with Gasteiger partial charge in [0.2, 0.25) is 0 Å². The van der Waals surface area contributed by atoms with E-state index in [-0.39, 0.29) is 0 Å². The van der Waals surface area contributed by atoms with Crippen LogP contribution in [0, 0.1) is 20.8 Å². The second kappa shape index (κ2) is 4.72. The highest BCUT2D eigenvalue weighted by Crippen LogP contribution is 2.27. The Morgan fingerprint density at radius 1 is 1.05 bits per heavy atom. The number of hydrogen-bond acceptors (Lipinski definition) is 3. The zero-order valence-corrected chi connectivity index (χ0v) is 12.8. The molecule has 0 spiro atoms. The largest absolute Gasteiger partial charge is 0.275 e. The average Bonchev–Trinajstić information content (AvgIpc) is 2.85. The minimum atomic E-state index is 0.352. The van der Waals surface area contributed by atoms with Gasteiger partial charge in [-0.2, -0.15) is 0 Å². The second-order valence-corrected chi connectivity index (χ2v) is 5.49. The maximum absolute atomic E-state index is 6.19. The Morgan fingerprint density at radius 3 is 2.50 bits per heavy atom. The first-order chi connectivity index (χ1) is 9.49. The van der Waals surface area contributed by atoms with E-state index in [0.717, 1.165) is 22.5 Å². The van der Waals surface area contributed by atoms with Crippen molar-refractivity contribution in [2.75, 3.05) is 0 Å². The van der Waals surface area contributed by atoms with Gasteiger partial charge in [-0.15, -0.1) is 10.2 Å². The van der Waals surface area contributed by atoms with Crippen LogP contribution in [0.15, 0.2) is 18.2 Å². The molecule has 3 rings (SSSR count). The zero-order valence-electron chi connectivity index (χ0n) is 11.3. The van der Waals surface area contributed by atoms with E-state index in [1.165, 1.54) is 0 Å². The summed E-state index contributed by atoms with van der Waals surface area (Å²) in [6.07, 6.45) is 0. The Morgan fingerprint density at radius 2 is 1.80 bits per heavy atom. The summed E-state index contributed by atoms with van der Waals surface area (Å²) in [6, 6.07) is 5.82. The van der Waals surface area contributed by atoms with Crippen LogP contribution in [-0.2, 0) is 0 Å². The first kappa shape index (κ1) is 13.3. The summed E-state index contributed by atoms with van der Waals surface area (Å²) >= 11 is 12.3. The quantitative estimate of drug-likeness (QED) is 0.682. The third kappa shape index (κ3) is 1.96. The number of rotatable bonds is 1. The van der Waals surface area contributed by atoms with E-state index in [4.69, 9.17) is 23.2 Å². The fraction of sp³-hybridized carbons (Fsp3) is 0.214. The Balaban J connectivity index is 2.34. The van der Waals surface area contributed by atoms with Crippen LogP contribution in [0.1, 0.15) is 17.0 Å². The van der Waals surface area contributed by atoms with Gasteiger partial charge in [-0.1, -0.05) is 35.3 Å². The fourth-order valence-corrected chi connectivity index (χ4v) is 2.52. The van der Waals surface area contributed by atoms with Gasteiger partial charge in [0.15, 0.2) is 16.6 Å². The molecule has 6 heteroatoms. The number of aryl methyl sites for hydroxylation is 3. The van der Waals surface area contributed by atoms with Gasteiger partial charge in [-0.25, -0.2) is 4.98 Å². The normalized spacial score (nSPS) is 11.2. The van der Waals surface area contributed by atoms with Crippen LogP contribution in [0.5, 0.6) is 0 Å². The van der Waals surface area contributed by atoms with Gasteiger partial charge in [0.1, 0.15) is 0 Å². The van der Waals surface area contributed by atoms with Gasteiger partial charge in [0.05, 0.1) is 5.69 Å². The molecule has 0 saturated heterocycles. The number of halogens is 2. The molecular weight excluding hydrogens is 295 g/mol. The van der Waals surface area contributed by atoms with Crippen LogP contribution in [0.3, 0.4) is 0 Å². The Labute approximate surface area is 126 Å². The number of benzene rings is 1. The SMILES string of the molecule is Cc1ccc(-c2nnc3c(Cl)nc(C)c(C)n23)cc1Cl. The minimum Gasteiger partial charge on any atom is -0.275 e. The van der Waals surface area contributed by atoms with Gasteiger partial charge in [0.25, 0.3) is 0 Å². The maximum Gasteiger partial charge on any atom is 0.199 e. The summed E-state index contributed by atoms with van der Waals surface area (Å²) < 4.78 is 1.91. The van der Waals surface area contributed by atoms with Gasteiger partial charge < -0.3 is 0 Å². The van der Waals surface area contributed by atoms with E-state index in [1.54, 1.807) is 0 Å². The van der Waals surface area contributed by atoms with Gasteiger partial charge >= 0.3 is 0 Å². The van der Waals surface area contributed by atoms with Crippen molar-refractivity contribution in [2.24, 2.45) is 0 Å². The molecule has 0 fully saturated rings. The molecule has 2 heterocycles. The van der Waals surface area contributed by atoms with E-state index >= 15 is 0 Å². The summed E-state index contributed by atoms with van der Waals surface area (Å²) in [5.41, 5.74) is 4.29. The van der Waals surface area contributed by atoms with Crippen molar-refractivity contribution in [3.8, 4) is 11.4 Å². The smallest absolute Gasteiger partial charge is 0.199 e. The number of aromatic nitrogens is 4. The van der Waals surface area contributed by atoms with Crippen molar-refractivity contribution in [1.29, 1.82) is 0 Å². The molecular formula is C14H12Cl2N4. The van der Waals surface area contributed by atoms with Gasteiger partial charge in [0, 0.05) is 16.3 Å². The van der Waals surface area contributed by atoms with Crippen molar-refractivity contribution < 1.29 is 0 Å². The van der Waals surface area contributed by atoms with Crippen LogP contribution in [0.2, 0.25) is 10.2 Å². The monoisotopic (exact) mass is 306 g/mol. The average molecular weight is 307 g/mol. The number of hydrogen-bond donors (Lipinski definition) is 0. The van der Waals surface area contributed by atoms with Crippen LogP contribution < -0.4 is 0 Å². The molecule has 0 atom stereocenters. The fourth-order valence-electron chi connectivity index (χ4n) is 2.09. The van der Waals surface area contributed by atoms with Crippen LogP contribution >= 0.6 is 23.2 Å². The highest BCUT2D eigenvalue weighted by molar-refractivity contribution is 6.32. The lowest BCUT2D eigenvalue weighted by Crippen LogP contribution is -2.01. The Bertz CT molecular complexity index is 824. The zero-order chi connectivity index (χ0) is 14.4. The lowest BCUT2D eigenvalue weighted by Gasteiger charge is -2.08. The minimum absolute atomic E-state index is 0.352. The summed E-state index contributed by atoms with van der Waals surface area (Å²) in [5.74, 6) is 0.715. The Hall–Kier alpha value is -1.65. The van der Waals surface area contributed by atoms with E-state index in [2.05, 4.69) is 15.2 Å². The molecule has 1 aromatic carbocycles. The molecule has 0 bridgehead atoms. The van der Waals surface area contributed by atoms with Crippen molar-refractivity contribution in [2.45, 2.75) is 20.8 Å². The summed E-state index contributed by atoms with van der Waals surface area (Å²) in [4.78, 5) is 4.26. The summed E-state index contributed by atoms with van der Waals surface area (Å²) in [7, 11) is 0. The molecule has 0 radical (unpaired) electrons. The second-order valence-electron chi connectivity index (χ2n) is 4.72. The van der Waals surface area contributed by atoms with Crippen LogP contribution in [-0.4, -0.2) is 19.6 Å². The molecule has 0 saturated carbocycles. The molecule has 102 valence electrons. The predicted octanol–water partition coefficient (Wildman–Crippen LogP) is 4.02. The first-order valence-corrected chi connectivity index (χ1v) is 6.89. The molecule has 0 aliphatic heterocycles. The van der Waals surface area contributed by atoms with E-state index in [1.807, 2.05) is 43.4 Å². The predicted molar refractivity (Wildman–Crippen MR) is 80.4 cm³/mol. The number of fused-ring (bicyclic) bond motifs is 1.